The van der Waals surface area contributed by atoms with Crippen molar-refractivity contribution < 1.29 is 22.4 Å². The third-order valence-electron chi connectivity index (χ3n) is 1.69. The summed E-state index contributed by atoms with van der Waals surface area (Å²) in [5.41, 5.74) is 0. The van der Waals surface area contributed by atoms with Crippen molar-refractivity contribution in [3.8, 4) is 11.5 Å². The summed E-state index contributed by atoms with van der Waals surface area (Å²) < 4.78 is 33.8. The monoisotopic (exact) mass is 246 g/mol. The van der Waals surface area contributed by atoms with Crippen LogP contribution >= 0.6 is 0 Å². The highest BCUT2D eigenvalue weighted by Crippen LogP contribution is 2.17. The van der Waals surface area contributed by atoms with Gasteiger partial charge in [-0.05, 0) is 31.2 Å². The molecule has 0 saturated heterocycles. The molecule has 6 heteroatoms. The van der Waals surface area contributed by atoms with Gasteiger partial charge in [-0.2, -0.15) is 4.21 Å². The molecule has 0 aliphatic heterocycles. The SMILES string of the molecule is CCOCCOc1ccc(OS(=O)O)cc1. The molecule has 1 atom stereocenters. The van der Waals surface area contributed by atoms with Crippen molar-refractivity contribution in [3.63, 3.8) is 0 Å². The highest BCUT2D eigenvalue weighted by Gasteiger charge is 1.99. The number of benzene rings is 1. The first-order chi connectivity index (χ1) is 7.72. The lowest BCUT2D eigenvalue weighted by atomic mass is 10.3. The zero-order valence-corrected chi connectivity index (χ0v) is 9.74. The molecule has 0 radical (unpaired) electrons. The van der Waals surface area contributed by atoms with E-state index in [2.05, 4.69) is 4.18 Å². The zero-order valence-electron chi connectivity index (χ0n) is 8.92. The lowest BCUT2D eigenvalue weighted by molar-refractivity contribution is 0.110. The number of rotatable bonds is 7. The second-order valence-electron chi connectivity index (χ2n) is 2.82. The second-order valence-corrected chi connectivity index (χ2v) is 3.42. The molecule has 0 aliphatic rings. The maximum atomic E-state index is 10.3. The number of hydrogen-bond donors (Lipinski definition) is 1. The Morgan fingerprint density at radius 1 is 1.19 bits per heavy atom. The summed E-state index contributed by atoms with van der Waals surface area (Å²) in [5, 5.41) is 0. The maximum absolute atomic E-state index is 10.3. The highest BCUT2D eigenvalue weighted by molar-refractivity contribution is 7.74. The zero-order chi connectivity index (χ0) is 11.8. The normalized spacial score (nSPS) is 12.1. The van der Waals surface area contributed by atoms with Gasteiger partial charge in [0.2, 0.25) is 0 Å². The van der Waals surface area contributed by atoms with E-state index < -0.39 is 11.4 Å². The summed E-state index contributed by atoms with van der Waals surface area (Å²) in [6, 6.07) is 6.44. The largest absolute Gasteiger partial charge is 0.491 e. The highest BCUT2D eigenvalue weighted by atomic mass is 32.2. The average molecular weight is 246 g/mol. The number of hydrogen-bond acceptors (Lipinski definition) is 4. The van der Waals surface area contributed by atoms with E-state index in [1.165, 1.54) is 0 Å². The average Bonchev–Trinajstić information content (AvgIpc) is 2.26. The number of ether oxygens (including phenoxy) is 2. The van der Waals surface area contributed by atoms with Crippen molar-refractivity contribution in [3.05, 3.63) is 24.3 Å². The van der Waals surface area contributed by atoms with E-state index in [0.29, 0.717) is 31.3 Å². The first kappa shape index (κ1) is 13.0. The van der Waals surface area contributed by atoms with Gasteiger partial charge in [-0.1, -0.05) is 0 Å². The van der Waals surface area contributed by atoms with Gasteiger partial charge in [0.1, 0.15) is 18.1 Å². The molecular weight excluding hydrogens is 232 g/mol. The summed E-state index contributed by atoms with van der Waals surface area (Å²) in [5.74, 6) is 0.980. The molecule has 90 valence electrons. The fraction of sp³-hybridized carbons (Fsp3) is 0.400. The van der Waals surface area contributed by atoms with Gasteiger partial charge in [0.15, 0.2) is 0 Å². The molecule has 1 aromatic carbocycles. The third kappa shape index (κ3) is 5.11. The molecule has 0 bridgehead atoms. The first-order valence-electron chi connectivity index (χ1n) is 4.82. The van der Waals surface area contributed by atoms with Crippen molar-refractivity contribution in [2.45, 2.75) is 6.92 Å². The van der Waals surface area contributed by atoms with Gasteiger partial charge in [-0.3, -0.25) is 4.55 Å². The Balaban J connectivity index is 2.36. The van der Waals surface area contributed by atoms with Gasteiger partial charge >= 0.3 is 11.4 Å². The van der Waals surface area contributed by atoms with Crippen LogP contribution in [-0.4, -0.2) is 28.6 Å². The van der Waals surface area contributed by atoms with E-state index in [1.807, 2.05) is 6.92 Å². The van der Waals surface area contributed by atoms with Crippen molar-refractivity contribution in [2.24, 2.45) is 0 Å². The minimum absolute atomic E-state index is 0.318. The summed E-state index contributed by atoms with van der Waals surface area (Å²) in [4.78, 5) is 0. The molecule has 0 saturated carbocycles. The van der Waals surface area contributed by atoms with E-state index >= 15 is 0 Å². The Labute approximate surface area is 96.8 Å². The van der Waals surface area contributed by atoms with Crippen LogP contribution in [0, 0.1) is 0 Å². The Bertz CT molecular complexity index is 324. The van der Waals surface area contributed by atoms with E-state index in [0.717, 1.165) is 0 Å². The lowest BCUT2D eigenvalue weighted by Crippen LogP contribution is -2.06. The van der Waals surface area contributed by atoms with Crippen LogP contribution in [0.5, 0.6) is 11.5 Å². The van der Waals surface area contributed by atoms with E-state index in [9.17, 15) is 4.21 Å². The standard InChI is InChI=1S/C10H14O5S/c1-2-13-7-8-14-9-3-5-10(6-4-9)15-16(11)12/h3-6H,2,7-8H2,1H3,(H,11,12). The Morgan fingerprint density at radius 2 is 1.81 bits per heavy atom. The molecule has 1 aromatic rings. The van der Waals surface area contributed by atoms with Gasteiger partial charge in [0.25, 0.3) is 0 Å². The van der Waals surface area contributed by atoms with Crippen LogP contribution in [0.15, 0.2) is 24.3 Å². The predicted molar refractivity (Wildman–Crippen MR) is 59.8 cm³/mol. The topological polar surface area (TPSA) is 65.0 Å². The van der Waals surface area contributed by atoms with E-state index in [-0.39, 0.29) is 0 Å². The van der Waals surface area contributed by atoms with Crippen molar-refractivity contribution in [2.75, 3.05) is 19.8 Å². The maximum Gasteiger partial charge on any atom is 0.357 e. The van der Waals surface area contributed by atoms with Crippen molar-refractivity contribution >= 4 is 11.4 Å². The molecule has 0 spiro atoms. The Morgan fingerprint density at radius 3 is 2.38 bits per heavy atom. The minimum Gasteiger partial charge on any atom is -0.491 e. The summed E-state index contributed by atoms with van der Waals surface area (Å²) in [6.45, 7) is 3.59. The van der Waals surface area contributed by atoms with Crippen molar-refractivity contribution in [1.29, 1.82) is 0 Å². The van der Waals surface area contributed by atoms with Crippen LogP contribution in [-0.2, 0) is 16.1 Å². The second kappa shape index (κ2) is 7.21. The Hall–Kier alpha value is -1.11. The Kier molecular flexibility index (Phi) is 5.84. The van der Waals surface area contributed by atoms with Crippen LogP contribution in [0.25, 0.3) is 0 Å². The molecule has 0 fully saturated rings. The van der Waals surface area contributed by atoms with Gasteiger partial charge in [0.05, 0.1) is 6.61 Å². The third-order valence-corrected chi connectivity index (χ3v) is 2.03. The fourth-order valence-electron chi connectivity index (χ4n) is 1.04. The lowest BCUT2D eigenvalue weighted by Gasteiger charge is -2.06. The molecule has 0 amide bonds. The molecule has 1 unspecified atom stereocenters. The molecule has 1 rings (SSSR count). The minimum atomic E-state index is -2.29. The van der Waals surface area contributed by atoms with Crippen LogP contribution in [0.1, 0.15) is 6.92 Å². The van der Waals surface area contributed by atoms with Crippen LogP contribution < -0.4 is 8.92 Å². The summed E-state index contributed by atoms with van der Waals surface area (Å²) >= 11 is -2.29. The fourth-order valence-corrected chi connectivity index (χ4v) is 1.31. The molecule has 0 aliphatic carbocycles. The van der Waals surface area contributed by atoms with Crippen LogP contribution in [0.4, 0.5) is 0 Å². The van der Waals surface area contributed by atoms with Crippen LogP contribution in [0.2, 0.25) is 0 Å². The van der Waals surface area contributed by atoms with Crippen LogP contribution in [0.3, 0.4) is 0 Å². The quantitative estimate of drug-likeness (QED) is 0.585. The van der Waals surface area contributed by atoms with E-state index in [4.69, 9.17) is 14.0 Å². The van der Waals surface area contributed by atoms with E-state index in [1.54, 1.807) is 24.3 Å². The van der Waals surface area contributed by atoms with Gasteiger partial charge < -0.3 is 13.7 Å². The molecule has 5 nitrogen and oxygen atoms in total. The molecular formula is C10H14O5S. The smallest absolute Gasteiger partial charge is 0.357 e. The van der Waals surface area contributed by atoms with Gasteiger partial charge in [0, 0.05) is 6.61 Å². The first-order valence-corrected chi connectivity index (χ1v) is 5.85. The molecule has 0 aromatic heterocycles. The molecule has 0 heterocycles. The predicted octanol–water partition coefficient (Wildman–Crippen LogP) is 1.62. The van der Waals surface area contributed by atoms with Gasteiger partial charge in [-0.25, -0.2) is 0 Å². The van der Waals surface area contributed by atoms with Crippen molar-refractivity contribution in [1.82, 2.24) is 0 Å². The van der Waals surface area contributed by atoms with Gasteiger partial charge in [-0.15, -0.1) is 0 Å². The summed E-state index contributed by atoms with van der Waals surface area (Å²) in [6.07, 6.45) is 0. The summed E-state index contributed by atoms with van der Waals surface area (Å²) in [7, 11) is 0. The molecule has 16 heavy (non-hydrogen) atoms. The molecule has 1 N–H and O–H groups in total.